The van der Waals surface area contributed by atoms with Gasteiger partial charge in [-0.25, -0.2) is 0 Å². The molecule has 0 spiro atoms. The van der Waals surface area contributed by atoms with E-state index in [0.717, 1.165) is 62.9 Å². The predicted molar refractivity (Wildman–Crippen MR) is 98.3 cm³/mol. The molecule has 25 heavy (non-hydrogen) atoms. The summed E-state index contributed by atoms with van der Waals surface area (Å²) in [7, 11) is 2.18. The first-order chi connectivity index (χ1) is 12.2. The lowest BCUT2D eigenvalue weighted by Gasteiger charge is -2.35. The number of likely N-dealkylation sites (N-methyl/N-ethyl adjacent to an activating group) is 2. The minimum atomic E-state index is 0.604. The van der Waals surface area contributed by atoms with E-state index < -0.39 is 0 Å². The van der Waals surface area contributed by atoms with Gasteiger partial charge >= 0.3 is 0 Å². The quantitative estimate of drug-likeness (QED) is 0.673. The summed E-state index contributed by atoms with van der Waals surface area (Å²) in [6, 6.07) is 0. The molecule has 0 aromatic carbocycles. The summed E-state index contributed by atoms with van der Waals surface area (Å²) in [6.07, 6.45) is 1.07. The molecule has 0 amide bonds. The number of piperazine rings is 1. The van der Waals surface area contributed by atoms with E-state index in [9.17, 15) is 0 Å². The second-order valence-electron chi connectivity index (χ2n) is 6.92. The van der Waals surface area contributed by atoms with E-state index in [1.54, 1.807) is 0 Å². The molecule has 0 atom stereocenters. The van der Waals surface area contributed by atoms with E-state index in [2.05, 4.69) is 44.2 Å². The van der Waals surface area contributed by atoms with Gasteiger partial charge in [-0.1, -0.05) is 12.0 Å². The van der Waals surface area contributed by atoms with Gasteiger partial charge in [0.25, 0.3) is 5.78 Å². The highest BCUT2D eigenvalue weighted by Crippen LogP contribution is 2.39. The van der Waals surface area contributed by atoms with Crippen LogP contribution in [0.4, 0.5) is 5.82 Å². The Bertz CT molecular complexity index is 923. The zero-order valence-corrected chi connectivity index (χ0v) is 15.5. The fourth-order valence-corrected chi connectivity index (χ4v) is 5.30. The zero-order chi connectivity index (χ0) is 17.0. The summed E-state index contributed by atoms with van der Waals surface area (Å²) in [5.74, 6) is 1.68. The van der Waals surface area contributed by atoms with Crippen LogP contribution in [0.1, 0.15) is 17.4 Å². The molecule has 3 aromatic heterocycles. The molecule has 2 aliphatic rings. The summed E-state index contributed by atoms with van der Waals surface area (Å²) in [6.45, 7) is 9.64. The van der Waals surface area contributed by atoms with Gasteiger partial charge in [0.2, 0.25) is 0 Å². The number of rotatable bonds is 2. The van der Waals surface area contributed by atoms with Crippen LogP contribution in [-0.2, 0) is 13.0 Å². The maximum Gasteiger partial charge on any atom is 0.276 e. The Morgan fingerprint density at radius 3 is 2.76 bits per heavy atom. The predicted octanol–water partition coefficient (Wildman–Crippen LogP) is 0.864. The fraction of sp³-hybridized carbons (Fsp3) is 0.625. The molecular weight excluding hydrogens is 336 g/mol. The summed E-state index contributed by atoms with van der Waals surface area (Å²) < 4.78 is 1.81. The Labute approximate surface area is 150 Å². The lowest BCUT2D eigenvalue weighted by Crippen LogP contribution is -2.46. The Morgan fingerprint density at radius 1 is 1.12 bits per heavy atom. The minimum Gasteiger partial charge on any atom is -0.353 e. The van der Waals surface area contributed by atoms with Crippen LogP contribution in [0.5, 0.6) is 0 Å². The number of thiophene rings is 1. The van der Waals surface area contributed by atoms with E-state index in [1.807, 2.05) is 15.9 Å². The average molecular weight is 358 g/mol. The van der Waals surface area contributed by atoms with Crippen molar-refractivity contribution in [3.8, 4) is 0 Å². The van der Waals surface area contributed by atoms with Gasteiger partial charge in [0.1, 0.15) is 10.6 Å². The average Bonchev–Trinajstić information content (AvgIpc) is 3.24. The van der Waals surface area contributed by atoms with E-state index >= 15 is 0 Å². The van der Waals surface area contributed by atoms with Gasteiger partial charge in [0, 0.05) is 44.1 Å². The molecule has 5 heterocycles. The molecule has 0 bridgehead atoms. The molecule has 0 N–H and O–H groups in total. The highest BCUT2D eigenvalue weighted by Gasteiger charge is 2.27. The topological polar surface area (TPSA) is 65.7 Å². The van der Waals surface area contributed by atoms with Gasteiger partial charge in [-0.2, -0.15) is 9.50 Å². The van der Waals surface area contributed by atoms with Crippen molar-refractivity contribution < 1.29 is 0 Å². The van der Waals surface area contributed by atoms with Crippen LogP contribution in [0.2, 0.25) is 0 Å². The van der Waals surface area contributed by atoms with Crippen molar-refractivity contribution in [2.75, 3.05) is 51.2 Å². The number of fused-ring (bicyclic) bond motifs is 5. The van der Waals surface area contributed by atoms with E-state index in [0.29, 0.717) is 5.78 Å². The van der Waals surface area contributed by atoms with Gasteiger partial charge in [0.05, 0.1) is 5.39 Å². The maximum atomic E-state index is 4.86. The van der Waals surface area contributed by atoms with Crippen molar-refractivity contribution in [3.05, 3.63) is 10.4 Å². The number of hydrogen-bond acceptors (Lipinski definition) is 8. The molecule has 5 rings (SSSR count). The number of tetrazole rings is 1. The highest BCUT2D eigenvalue weighted by molar-refractivity contribution is 7.19. The van der Waals surface area contributed by atoms with Gasteiger partial charge in [-0.3, -0.25) is 0 Å². The standard InChI is InChI=1S/C16H22N8S/c1-3-22-6-8-23(9-7-22)14-13-11-4-5-21(2)10-12(11)25-15(13)24-16(17-14)18-19-20-24/h3-10H2,1-2H3. The first-order valence-corrected chi connectivity index (χ1v) is 9.74. The third-order valence-electron chi connectivity index (χ3n) is 5.42. The maximum absolute atomic E-state index is 4.86. The van der Waals surface area contributed by atoms with Crippen LogP contribution in [-0.4, -0.2) is 81.1 Å². The summed E-state index contributed by atoms with van der Waals surface area (Å²) in [5, 5.41) is 13.4. The van der Waals surface area contributed by atoms with Gasteiger partial charge in [-0.05, 0) is 36.0 Å². The zero-order valence-electron chi connectivity index (χ0n) is 14.6. The molecule has 0 radical (unpaired) electrons. The fourth-order valence-electron chi connectivity index (χ4n) is 3.94. The molecule has 3 aromatic rings. The van der Waals surface area contributed by atoms with Crippen molar-refractivity contribution in [1.82, 2.24) is 34.8 Å². The Kier molecular flexibility index (Phi) is 3.61. The molecule has 132 valence electrons. The van der Waals surface area contributed by atoms with Crippen LogP contribution in [0, 0.1) is 0 Å². The van der Waals surface area contributed by atoms with Gasteiger partial charge in [-0.15, -0.1) is 11.3 Å². The smallest absolute Gasteiger partial charge is 0.276 e. The first kappa shape index (κ1) is 15.4. The number of hydrogen-bond donors (Lipinski definition) is 0. The molecular formula is C16H22N8S. The third kappa shape index (κ3) is 2.41. The summed E-state index contributed by atoms with van der Waals surface area (Å²) in [5.41, 5.74) is 1.45. The normalized spacial score (nSPS) is 19.8. The van der Waals surface area contributed by atoms with Gasteiger partial charge < -0.3 is 14.7 Å². The molecule has 1 saturated heterocycles. The molecule has 0 unspecified atom stereocenters. The van der Waals surface area contributed by atoms with Crippen molar-refractivity contribution in [3.63, 3.8) is 0 Å². The van der Waals surface area contributed by atoms with Crippen LogP contribution in [0.25, 0.3) is 16.0 Å². The Balaban J connectivity index is 1.68. The van der Waals surface area contributed by atoms with Gasteiger partial charge in [0.15, 0.2) is 0 Å². The Morgan fingerprint density at radius 2 is 1.96 bits per heavy atom. The van der Waals surface area contributed by atoms with Crippen LogP contribution >= 0.6 is 11.3 Å². The highest BCUT2D eigenvalue weighted by atomic mass is 32.1. The SMILES string of the molecule is CCN1CCN(c2nc3nnnn3c3sc4c(c23)CCN(C)C4)CC1. The van der Waals surface area contributed by atoms with Crippen molar-refractivity contribution in [2.24, 2.45) is 0 Å². The second kappa shape index (κ2) is 5.86. The number of anilines is 1. The van der Waals surface area contributed by atoms with Crippen molar-refractivity contribution in [2.45, 2.75) is 19.9 Å². The molecule has 0 aliphatic carbocycles. The third-order valence-corrected chi connectivity index (χ3v) is 6.62. The van der Waals surface area contributed by atoms with E-state index in [-0.39, 0.29) is 0 Å². The first-order valence-electron chi connectivity index (χ1n) is 8.92. The molecule has 2 aliphatic heterocycles. The lowest BCUT2D eigenvalue weighted by atomic mass is 10.0. The van der Waals surface area contributed by atoms with Crippen LogP contribution in [0.15, 0.2) is 0 Å². The van der Waals surface area contributed by atoms with Crippen molar-refractivity contribution >= 4 is 33.1 Å². The summed E-state index contributed by atoms with van der Waals surface area (Å²) >= 11 is 1.82. The molecule has 1 fully saturated rings. The second-order valence-corrected chi connectivity index (χ2v) is 8.00. The molecule has 0 saturated carbocycles. The summed E-state index contributed by atoms with van der Waals surface area (Å²) in [4.78, 5) is 14.7. The Hall–Kier alpha value is -1.84. The molecule has 9 heteroatoms. The van der Waals surface area contributed by atoms with E-state index in [1.165, 1.54) is 15.8 Å². The lowest BCUT2D eigenvalue weighted by molar-refractivity contribution is 0.271. The number of nitrogens with zero attached hydrogens (tertiary/aromatic N) is 8. The largest absolute Gasteiger partial charge is 0.353 e. The monoisotopic (exact) mass is 358 g/mol. The van der Waals surface area contributed by atoms with E-state index in [4.69, 9.17) is 4.98 Å². The number of aromatic nitrogens is 5. The van der Waals surface area contributed by atoms with Crippen molar-refractivity contribution in [1.29, 1.82) is 0 Å². The minimum absolute atomic E-state index is 0.604. The van der Waals surface area contributed by atoms with Crippen LogP contribution < -0.4 is 4.90 Å². The van der Waals surface area contributed by atoms with Crippen LogP contribution in [0.3, 0.4) is 0 Å². The molecule has 8 nitrogen and oxygen atoms in total.